The molecule has 2 rings (SSSR count). The highest BCUT2D eigenvalue weighted by molar-refractivity contribution is 5.76. The minimum Gasteiger partial charge on any atom is -0.369 e. The van der Waals surface area contributed by atoms with Gasteiger partial charge in [-0.15, -0.1) is 0 Å². The van der Waals surface area contributed by atoms with Gasteiger partial charge in [-0.1, -0.05) is 12.1 Å². The molecule has 0 bridgehead atoms. The maximum atomic E-state index is 11.3. The Balaban J connectivity index is 2.05. The fraction of sp³-hybridized carbons (Fsp3) is 0.467. The third-order valence-electron chi connectivity index (χ3n) is 3.65. The number of nitriles is 1. The highest BCUT2D eigenvalue weighted by Crippen LogP contribution is 2.15. The van der Waals surface area contributed by atoms with Crippen LogP contribution >= 0.6 is 0 Å². The van der Waals surface area contributed by atoms with E-state index in [0.717, 1.165) is 31.5 Å². The fourth-order valence-corrected chi connectivity index (χ4v) is 2.61. The average Bonchev–Trinajstić information content (AvgIpc) is 2.48. The number of piperidine rings is 1. The second-order valence-corrected chi connectivity index (χ2v) is 5.16. The number of rotatable bonds is 5. The molecule has 0 aliphatic carbocycles. The molecule has 20 heavy (non-hydrogen) atoms. The van der Waals surface area contributed by atoms with Gasteiger partial charge < -0.3 is 11.1 Å². The van der Waals surface area contributed by atoms with E-state index < -0.39 is 0 Å². The summed E-state index contributed by atoms with van der Waals surface area (Å²) in [5.74, 6) is -0.294. The lowest BCUT2D eigenvalue weighted by molar-refractivity contribution is -0.120. The van der Waals surface area contributed by atoms with Crippen molar-refractivity contribution in [2.45, 2.75) is 25.4 Å². The molecule has 1 saturated heterocycles. The molecule has 1 heterocycles. The van der Waals surface area contributed by atoms with Crippen LogP contribution in [0.2, 0.25) is 0 Å². The van der Waals surface area contributed by atoms with Crippen molar-refractivity contribution in [3.8, 4) is 6.07 Å². The third-order valence-corrected chi connectivity index (χ3v) is 3.65. The van der Waals surface area contributed by atoms with Crippen molar-refractivity contribution in [2.24, 2.45) is 5.73 Å². The zero-order valence-electron chi connectivity index (χ0n) is 11.5. The number of nitrogens with two attached hydrogens (primary N) is 1. The predicted molar refractivity (Wildman–Crippen MR) is 76.7 cm³/mol. The van der Waals surface area contributed by atoms with E-state index in [-0.39, 0.29) is 12.5 Å². The number of amides is 1. The number of hydrogen-bond acceptors (Lipinski definition) is 4. The lowest BCUT2D eigenvalue weighted by atomic mass is 10.0. The molecule has 1 aromatic rings. The Kier molecular flexibility index (Phi) is 5.10. The maximum Gasteiger partial charge on any atom is 0.231 e. The van der Waals surface area contributed by atoms with E-state index in [9.17, 15) is 4.79 Å². The lowest BCUT2D eigenvalue weighted by Crippen LogP contribution is -2.46. The predicted octanol–water partition coefficient (Wildman–Crippen LogP) is 0.598. The van der Waals surface area contributed by atoms with Crippen molar-refractivity contribution < 1.29 is 4.79 Å². The van der Waals surface area contributed by atoms with Gasteiger partial charge in [0.25, 0.3) is 0 Å². The molecule has 1 fully saturated rings. The highest BCUT2D eigenvalue weighted by Gasteiger charge is 2.22. The standard InChI is InChI=1S/C15H20N4O/c16-9-12-1-3-13(4-2-12)10-19(11-15(17)20)14-5-7-18-8-6-14/h1-4,14,18H,5-8,10-11H2,(H2,17,20). The summed E-state index contributed by atoms with van der Waals surface area (Å²) < 4.78 is 0. The van der Waals surface area contributed by atoms with E-state index in [1.807, 2.05) is 12.1 Å². The first-order valence-corrected chi connectivity index (χ1v) is 6.91. The van der Waals surface area contributed by atoms with Crippen molar-refractivity contribution in [1.29, 1.82) is 5.26 Å². The van der Waals surface area contributed by atoms with Crippen LogP contribution in [-0.4, -0.2) is 36.5 Å². The molecule has 0 aromatic heterocycles. The van der Waals surface area contributed by atoms with Crippen LogP contribution in [-0.2, 0) is 11.3 Å². The van der Waals surface area contributed by atoms with Crippen LogP contribution in [0.5, 0.6) is 0 Å². The summed E-state index contributed by atoms with van der Waals surface area (Å²) in [6.07, 6.45) is 2.06. The molecule has 5 nitrogen and oxygen atoms in total. The van der Waals surface area contributed by atoms with Crippen molar-refractivity contribution in [3.63, 3.8) is 0 Å². The van der Waals surface area contributed by atoms with Crippen molar-refractivity contribution in [2.75, 3.05) is 19.6 Å². The Morgan fingerprint density at radius 2 is 2.00 bits per heavy atom. The van der Waals surface area contributed by atoms with Crippen LogP contribution in [0, 0.1) is 11.3 Å². The van der Waals surface area contributed by atoms with E-state index in [4.69, 9.17) is 11.0 Å². The zero-order chi connectivity index (χ0) is 14.4. The van der Waals surface area contributed by atoms with Gasteiger partial charge in [0.1, 0.15) is 0 Å². The Bertz CT molecular complexity index is 486. The minimum atomic E-state index is -0.294. The van der Waals surface area contributed by atoms with Crippen molar-refractivity contribution in [3.05, 3.63) is 35.4 Å². The third kappa shape index (κ3) is 4.05. The number of nitrogens with one attached hydrogen (secondary N) is 1. The minimum absolute atomic E-state index is 0.282. The van der Waals surface area contributed by atoms with Crippen LogP contribution in [0.1, 0.15) is 24.0 Å². The Hall–Kier alpha value is -1.90. The first-order valence-electron chi connectivity index (χ1n) is 6.91. The summed E-state index contributed by atoms with van der Waals surface area (Å²) in [6, 6.07) is 9.98. The van der Waals surface area contributed by atoms with E-state index in [2.05, 4.69) is 16.3 Å². The van der Waals surface area contributed by atoms with E-state index in [0.29, 0.717) is 18.2 Å². The smallest absolute Gasteiger partial charge is 0.231 e. The average molecular weight is 272 g/mol. The Morgan fingerprint density at radius 3 is 2.55 bits per heavy atom. The molecular weight excluding hydrogens is 252 g/mol. The SMILES string of the molecule is N#Cc1ccc(CN(CC(N)=O)C2CCNCC2)cc1. The topological polar surface area (TPSA) is 82.2 Å². The Morgan fingerprint density at radius 1 is 1.35 bits per heavy atom. The first kappa shape index (κ1) is 14.5. The molecule has 3 N–H and O–H groups in total. The quantitative estimate of drug-likeness (QED) is 0.822. The van der Waals surface area contributed by atoms with Gasteiger partial charge in [-0.25, -0.2) is 0 Å². The normalized spacial score (nSPS) is 16.0. The lowest BCUT2D eigenvalue weighted by Gasteiger charge is -2.33. The van der Waals surface area contributed by atoms with Crippen LogP contribution in [0.3, 0.4) is 0 Å². The maximum absolute atomic E-state index is 11.3. The number of benzene rings is 1. The van der Waals surface area contributed by atoms with Crippen molar-refractivity contribution >= 4 is 5.91 Å². The molecule has 106 valence electrons. The van der Waals surface area contributed by atoms with Gasteiger partial charge in [0.2, 0.25) is 5.91 Å². The van der Waals surface area contributed by atoms with Gasteiger partial charge in [0, 0.05) is 12.6 Å². The summed E-state index contributed by atoms with van der Waals surface area (Å²) >= 11 is 0. The largest absolute Gasteiger partial charge is 0.369 e. The van der Waals surface area contributed by atoms with Gasteiger partial charge in [0.05, 0.1) is 18.2 Å². The summed E-state index contributed by atoms with van der Waals surface area (Å²) in [7, 11) is 0. The molecule has 0 spiro atoms. The summed E-state index contributed by atoms with van der Waals surface area (Å²) in [5.41, 5.74) is 7.11. The molecular formula is C15H20N4O. The van der Waals surface area contributed by atoms with Gasteiger partial charge in [-0.3, -0.25) is 9.69 Å². The fourth-order valence-electron chi connectivity index (χ4n) is 2.61. The van der Waals surface area contributed by atoms with Crippen LogP contribution in [0.25, 0.3) is 0 Å². The van der Waals surface area contributed by atoms with Gasteiger partial charge in [0.15, 0.2) is 0 Å². The zero-order valence-corrected chi connectivity index (χ0v) is 11.5. The second-order valence-electron chi connectivity index (χ2n) is 5.16. The molecule has 1 aliphatic heterocycles. The highest BCUT2D eigenvalue weighted by atomic mass is 16.1. The molecule has 5 heteroatoms. The number of carbonyl (C=O) groups is 1. The van der Waals surface area contributed by atoms with Crippen LogP contribution in [0.15, 0.2) is 24.3 Å². The number of nitrogens with zero attached hydrogens (tertiary/aromatic N) is 2. The summed E-state index contributed by atoms with van der Waals surface area (Å²) in [5, 5.41) is 12.1. The molecule has 0 atom stereocenters. The molecule has 0 unspecified atom stereocenters. The molecule has 1 amide bonds. The monoisotopic (exact) mass is 272 g/mol. The van der Waals surface area contributed by atoms with E-state index in [1.165, 1.54) is 0 Å². The molecule has 1 aliphatic rings. The van der Waals surface area contributed by atoms with Crippen molar-refractivity contribution in [1.82, 2.24) is 10.2 Å². The van der Waals surface area contributed by atoms with E-state index in [1.54, 1.807) is 12.1 Å². The molecule has 0 saturated carbocycles. The number of carbonyl (C=O) groups excluding carboxylic acids is 1. The van der Waals surface area contributed by atoms with Gasteiger partial charge in [-0.2, -0.15) is 5.26 Å². The Labute approximate surface area is 119 Å². The van der Waals surface area contributed by atoms with Gasteiger partial charge in [-0.05, 0) is 43.6 Å². The van der Waals surface area contributed by atoms with Crippen LogP contribution in [0.4, 0.5) is 0 Å². The van der Waals surface area contributed by atoms with Crippen LogP contribution < -0.4 is 11.1 Å². The number of hydrogen-bond donors (Lipinski definition) is 2. The first-order chi connectivity index (χ1) is 9.69. The summed E-state index contributed by atoms with van der Waals surface area (Å²) in [4.78, 5) is 13.4. The van der Waals surface area contributed by atoms with Gasteiger partial charge >= 0.3 is 0 Å². The molecule has 0 radical (unpaired) electrons. The summed E-state index contributed by atoms with van der Waals surface area (Å²) in [6.45, 7) is 2.94. The number of primary amides is 1. The second kappa shape index (κ2) is 7.04. The van der Waals surface area contributed by atoms with E-state index >= 15 is 0 Å². The molecule has 1 aromatic carbocycles.